The van der Waals surface area contributed by atoms with Gasteiger partial charge in [0.1, 0.15) is 0 Å². The number of methoxy groups -OCH3 is 3. The summed E-state index contributed by atoms with van der Waals surface area (Å²) in [6, 6.07) is 8.60. The van der Waals surface area contributed by atoms with Crippen molar-refractivity contribution in [3.8, 4) is 17.2 Å². The minimum atomic E-state index is -0.339. The van der Waals surface area contributed by atoms with Gasteiger partial charge in [0.2, 0.25) is 11.7 Å². The van der Waals surface area contributed by atoms with Crippen molar-refractivity contribution in [3.63, 3.8) is 0 Å². The van der Waals surface area contributed by atoms with E-state index >= 15 is 0 Å². The largest absolute Gasteiger partial charge is 0.493 e. The van der Waals surface area contributed by atoms with Gasteiger partial charge in [-0.2, -0.15) is 0 Å². The number of amides is 2. The van der Waals surface area contributed by atoms with Crippen LogP contribution in [0.15, 0.2) is 30.3 Å². The van der Waals surface area contributed by atoms with Crippen LogP contribution in [0.4, 0.5) is 11.4 Å². The molecule has 1 fully saturated rings. The van der Waals surface area contributed by atoms with E-state index < -0.39 is 0 Å². The van der Waals surface area contributed by atoms with Gasteiger partial charge in [-0.1, -0.05) is 25.4 Å². The first-order valence-corrected chi connectivity index (χ1v) is 11.6. The van der Waals surface area contributed by atoms with Crippen LogP contribution < -0.4 is 24.4 Å². The number of hydrogen-bond acceptors (Lipinski definition) is 6. The molecule has 0 radical (unpaired) electrons. The van der Waals surface area contributed by atoms with Gasteiger partial charge >= 0.3 is 0 Å². The van der Waals surface area contributed by atoms with E-state index in [1.165, 1.54) is 21.3 Å². The molecule has 0 atom stereocenters. The van der Waals surface area contributed by atoms with Crippen molar-refractivity contribution in [1.82, 2.24) is 4.90 Å². The Morgan fingerprint density at radius 2 is 1.59 bits per heavy atom. The minimum Gasteiger partial charge on any atom is -0.493 e. The number of carbonyl (C=O) groups excluding carboxylic acids is 2. The zero-order chi connectivity index (χ0) is 24.8. The van der Waals surface area contributed by atoms with E-state index in [1.807, 2.05) is 24.8 Å². The van der Waals surface area contributed by atoms with Crippen LogP contribution in [-0.2, 0) is 4.79 Å². The molecule has 0 spiro atoms. The molecular formula is C25H32ClN3O5. The average molecular weight is 490 g/mol. The molecule has 184 valence electrons. The summed E-state index contributed by atoms with van der Waals surface area (Å²) >= 11 is 6.25. The Balaban J connectivity index is 1.80. The maximum absolute atomic E-state index is 13.2. The Bertz CT molecular complexity index is 1010. The molecule has 0 aliphatic carbocycles. The summed E-state index contributed by atoms with van der Waals surface area (Å²) in [6.07, 6.45) is 0.553. The van der Waals surface area contributed by atoms with Crippen LogP contribution in [0.25, 0.3) is 0 Å². The summed E-state index contributed by atoms with van der Waals surface area (Å²) in [4.78, 5) is 29.6. The number of benzene rings is 2. The fourth-order valence-corrected chi connectivity index (χ4v) is 4.14. The Labute approximate surface area is 205 Å². The second-order valence-corrected chi connectivity index (χ2v) is 8.93. The topological polar surface area (TPSA) is 80.3 Å². The number of nitrogens with one attached hydrogen (secondary N) is 1. The lowest BCUT2D eigenvalue weighted by molar-refractivity contribution is -0.132. The normalized spacial score (nSPS) is 13.6. The smallest absolute Gasteiger partial charge is 0.255 e. The summed E-state index contributed by atoms with van der Waals surface area (Å²) in [5.74, 6) is 1.37. The van der Waals surface area contributed by atoms with Gasteiger partial charge in [0.15, 0.2) is 11.5 Å². The lowest BCUT2D eigenvalue weighted by Crippen LogP contribution is -2.49. The third-order valence-corrected chi connectivity index (χ3v) is 5.92. The number of carbonyl (C=O) groups is 2. The highest BCUT2D eigenvalue weighted by Gasteiger charge is 2.24. The van der Waals surface area contributed by atoms with Crippen LogP contribution in [0, 0.1) is 5.92 Å². The van der Waals surface area contributed by atoms with E-state index in [2.05, 4.69) is 10.2 Å². The monoisotopic (exact) mass is 489 g/mol. The first-order valence-electron chi connectivity index (χ1n) is 11.2. The molecule has 0 aromatic heterocycles. The zero-order valence-corrected chi connectivity index (χ0v) is 21.1. The lowest BCUT2D eigenvalue weighted by atomic mass is 10.1. The summed E-state index contributed by atoms with van der Waals surface area (Å²) in [7, 11) is 4.51. The number of hydrogen-bond donors (Lipinski definition) is 1. The van der Waals surface area contributed by atoms with E-state index in [9.17, 15) is 9.59 Å². The van der Waals surface area contributed by atoms with Gasteiger partial charge in [0, 0.05) is 43.2 Å². The molecule has 0 saturated carbocycles. The predicted octanol–water partition coefficient (Wildman–Crippen LogP) is 4.31. The molecule has 1 aliphatic heterocycles. The Hall–Kier alpha value is -3.13. The summed E-state index contributed by atoms with van der Waals surface area (Å²) in [5, 5.41) is 3.48. The molecule has 1 heterocycles. The Morgan fingerprint density at radius 3 is 2.12 bits per heavy atom. The van der Waals surface area contributed by atoms with Crippen LogP contribution in [0.5, 0.6) is 17.2 Å². The van der Waals surface area contributed by atoms with Crippen molar-refractivity contribution < 1.29 is 23.8 Å². The lowest BCUT2D eigenvalue weighted by Gasteiger charge is -2.37. The van der Waals surface area contributed by atoms with Crippen LogP contribution in [0.3, 0.4) is 0 Å². The molecule has 34 heavy (non-hydrogen) atoms. The molecule has 2 aromatic carbocycles. The van der Waals surface area contributed by atoms with Gasteiger partial charge < -0.3 is 29.3 Å². The summed E-state index contributed by atoms with van der Waals surface area (Å²) in [6.45, 7) is 6.69. The van der Waals surface area contributed by atoms with Gasteiger partial charge in [0.25, 0.3) is 5.91 Å². The Kier molecular flexibility index (Phi) is 8.50. The first-order chi connectivity index (χ1) is 16.3. The molecule has 9 heteroatoms. The molecule has 3 rings (SSSR count). The zero-order valence-electron chi connectivity index (χ0n) is 20.3. The SMILES string of the molecule is COc1cc(C(=O)Nc2cc(Cl)ccc2N2CCN(C(=O)CC(C)C)CC2)cc(OC)c1OC. The maximum Gasteiger partial charge on any atom is 0.255 e. The highest BCUT2D eigenvalue weighted by molar-refractivity contribution is 6.31. The second kappa shape index (κ2) is 11.3. The Morgan fingerprint density at radius 1 is 0.971 bits per heavy atom. The maximum atomic E-state index is 13.2. The van der Waals surface area contributed by atoms with E-state index in [4.69, 9.17) is 25.8 Å². The van der Waals surface area contributed by atoms with Crippen molar-refractivity contribution in [2.75, 3.05) is 57.7 Å². The summed E-state index contributed by atoms with van der Waals surface area (Å²) in [5.41, 5.74) is 1.79. The predicted molar refractivity (Wildman–Crippen MR) is 134 cm³/mol. The third-order valence-electron chi connectivity index (χ3n) is 5.69. The van der Waals surface area contributed by atoms with E-state index in [1.54, 1.807) is 24.3 Å². The van der Waals surface area contributed by atoms with Crippen LogP contribution in [0.2, 0.25) is 5.02 Å². The standard InChI is InChI=1S/C25H32ClN3O5/c1-16(2)12-23(30)29-10-8-28(9-11-29)20-7-6-18(26)15-19(20)27-25(31)17-13-21(32-3)24(34-5)22(14-17)33-4/h6-7,13-16H,8-12H2,1-5H3,(H,27,31). The average Bonchev–Trinajstić information content (AvgIpc) is 2.82. The van der Waals surface area contributed by atoms with E-state index in [0.29, 0.717) is 72.0 Å². The summed E-state index contributed by atoms with van der Waals surface area (Å²) < 4.78 is 16.1. The molecule has 2 aromatic rings. The number of rotatable bonds is 8. The molecule has 0 unspecified atom stereocenters. The molecule has 1 N–H and O–H groups in total. The fourth-order valence-electron chi connectivity index (χ4n) is 3.97. The molecule has 0 bridgehead atoms. The molecule has 2 amide bonds. The molecule has 1 aliphatic rings. The van der Waals surface area contributed by atoms with Crippen molar-refractivity contribution >= 4 is 34.8 Å². The van der Waals surface area contributed by atoms with Crippen LogP contribution in [0.1, 0.15) is 30.6 Å². The highest BCUT2D eigenvalue weighted by atomic mass is 35.5. The number of ether oxygens (including phenoxy) is 3. The van der Waals surface area contributed by atoms with Gasteiger partial charge in [0.05, 0.1) is 32.7 Å². The van der Waals surface area contributed by atoms with Crippen molar-refractivity contribution in [3.05, 3.63) is 40.9 Å². The van der Waals surface area contributed by atoms with E-state index in [-0.39, 0.29) is 11.8 Å². The van der Waals surface area contributed by atoms with Gasteiger partial charge in [-0.15, -0.1) is 0 Å². The second-order valence-electron chi connectivity index (χ2n) is 8.50. The van der Waals surface area contributed by atoms with E-state index in [0.717, 1.165) is 5.69 Å². The number of anilines is 2. The van der Waals surface area contributed by atoms with Gasteiger partial charge in [-0.3, -0.25) is 9.59 Å². The fraction of sp³-hybridized carbons (Fsp3) is 0.440. The highest BCUT2D eigenvalue weighted by Crippen LogP contribution is 2.39. The quantitative estimate of drug-likeness (QED) is 0.595. The molecule has 8 nitrogen and oxygen atoms in total. The van der Waals surface area contributed by atoms with Crippen molar-refractivity contribution in [2.24, 2.45) is 5.92 Å². The van der Waals surface area contributed by atoms with Crippen molar-refractivity contribution in [2.45, 2.75) is 20.3 Å². The van der Waals surface area contributed by atoms with Gasteiger partial charge in [-0.25, -0.2) is 0 Å². The number of piperazine rings is 1. The van der Waals surface area contributed by atoms with Crippen molar-refractivity contribution in [1.29, 1.82) is 0 Å². The van der Waals surface area contributed by atoms with Crippen LogP contribution >= 0.6 is 11.6 Å². The first kappa shape index (κ1) is 25.5. The molecular weight excluding hydrogens is 458 g/mol. The minimum absolute atomic E-state index is 0.182. The number of nitrogens with zero attached hydrogens (tertiary/aromatic N) is 2. The van der Waals surface area contributed by atoms with Crippen LogP contribution in [-0.4, -0.2) is 64.2 Å². The third kappa shape index (κ3) is 5.86. The van der Waals surface area contributed by atoms with Gasteiger partial charge in [-0.05, 0) is 36.2 Å². The number of halogens is 1. The molecule has 1 saturated heterocycles.